The van der Waals surface area contributed by atoms with Crippen molar-refractivity contribution < 1.29 is 26.8 Å². The topological polar surface area (TPSA) is 84.5 Å². The van der Waals surface area contributed by atoms with Crippen molar-refractivity contribution in [2.75, 3.05) is 13.2 Å². The second-order valence-electron chi connectivity index (χ2n) is 4.20. The van der Waals surface area contributed by atoms with Gasteiger partial charge in [-0.05, 0) is 18.6 Å². The van der Waals surface area contributed by atoms with E-state index in [4.69, 9.17) is 4.84 Å². The minimum absolute atomic E-state index is 0.0194. The third kappa shape index (κ3) is 5.88. The van der Waals surface area contributed by atoms with E-state index >= 15 is 0 Å². The maximum absolute atomic E-state index is 13.4. The second kappa shape index (κ2) is 8.57. The van der Waals surface area contributed by atoms with Crippen LogP contribution in [0.1, 0.15) is 12.8 Å². The molecule has 0 spiro atoms. The number of nitrogens with one attached hydrogen (secondary N) is 2. The van der Waals surface area contributed by atoms with Gasteiger partial charge in [-0.15, -0.1) is 6.58 Å². The number of amides is 1. The van der Waals surface area contributed by atoms with Crippen molar-refractivity contribution in [2.24, 2.45) is 0 Å². The van der Waals surface area contributed by atoms with Crippen molar-refractivity contribution in [1.29, 1.82) is 0 Å². The highest BCUT2D eigenvalue weighted by atomic mass is 32.2. The lowest BCUT2D eigenvalue weighted by molar-refractivity contribution is -0.132. The van der Waals surface area contributed by atoms with Crippen LogP contribution < -0.4 is 10.2 Å². The van der Waals surface area contributed by atoms with Gasteiger partial charge in [-0.3, -0.25) is 9.63 Å². The average Bonchev–Trinajstić information content (AvgIpc) is 2.43. The molecule has 122 valence electrons. The van der Waals surface area contributed by atoms with Crippen LogP contribution in [0.15, 0.2) is 35.7 Å². The summed E-state index contributed by atoms with van der Waals surface area (Å²) in [5.41, 5.74) is 2.14. The first kappa shape index (κ1) is 18.2. The van der Waals surface area contributed by atoms with Gasteiger partial charge in [0.2, 0.25) is 15.9 Å². The monoisotopic (exact) mass is 334 g/mol. The average molecular weight is 334 g/mol. The van der Waals surface area contributed by atoms with E-state index in [0.29, 0.717) is 6.07 Å². The van der Waals surface area contributed by atoms with Crippen LogP contribution in [-0.2, 0) is 19.7 Å². The Labute approximate surface area is 127 Å². The summed E-state index contributed by atoms with van der Waals surface area (Å²) >= 11 is 0. The molecule has 0 bridgehead atoms. The van der Waals surface area contributed by atoms with Crippen LogP contribution in [-0.4, -0.2) is 27.5 Å². The normalized spacial score (nSPS) is 11.2. The number of carbonyl (C=O) groups is 1. The van der Waals surface area contributed by atoms with Crippen molar-refractivity contribution in [2.45, 2.75) is 17.7 Å². The summed E-state index contributed by atoms with van der Waals surface area (Å²) in [5, 5.41) is 0. The number of hydroxylamine groups is 1. The molecule has 0 saturated heterocycles. The Morgan fingerprint density at radius 1 is 1.36 bits per heavy atom. The highest BCUT2D eigenvalue weighted by molar-refractivity contribution is 7.89. The number of halogens is 2. The minimum atomic E-state index is -4.09. The Bertz CT molecular complexity index is 635. The maximum Gasteiger partial charge on any atom is 0.243 e. The van der Waals surface area contributed by atoms with E-state index < -0.39 is 32.5 Å². The van der Waals surface area contributed by atoms with Gasteiger partial charge in [-0.1, -0.05) is 6.08 Å². The van der Waals surface area contributed by atoms with Crippen molar-refractivity contribution in [1.82, 2.24) is 10.2 Å². The lowest BCUT2D eigenvalue weighted by Gasteiger charge is -2.08. The van der Waals surface area contributed by atoms with Crippen LogP contribution in [0.3, 0.4) is 0 Å². The van der Waals surface area contributed by atoms with E-state index in [1.165, 1.54) is 6.08 Å². The number of benzene rings is 1. The van der Waals surface area contributed by atoms with E-state index in [2.05, 4.69) is 16.8 Å². The molecule has 6 nitrogen and oxygen atoms in total. The van der Waals surface area contributed by atoms with E-state index in [9.17, 15) is 22.0 Å². The van der Waals surface area contributed by atoms with E-state index in [1.54, 1.807) is 0 Å². The van der Waals surface area contributed by atoms with Crippen LogP contribution >= 0.6 is 0 Å². The first-order valence-corrected chi connectivity index (χ1v) is 7.81. The van der Waals surface area contributed by atoms with Gasteiger partial charge in [0.15, 0.2) is 0 Å². The zero-order chi connectivity index (χ0) is 16.6. The maximum atomic E-state index is 13.4. The molecule has 0 aliphatic heterocycles. The summed E-state index contributed by atoms with van der Waals surface area (Å²) in [6, 6.07) is 2.17. The lowest BCUT2D eigenvalue weighted by atomic mass is 10.3. The number of hydrogen-bond acceptors (Lipinski definition) is 4. The van der Waals surface area contributed by atoms with Crippen molar-refractivity contribution in [3.63, 3.8) is 0 Å². The molecule has 9 heteroatoms. The molecule has 0 atom stereocenters. The molecule has 1 rings (SSSR count). The predicted octanol–water partition coefficient (Wildman–Crippen LogP) is 1.26. The number of sulfonamides is 1. The summed E-state index contributed by atoms with van der Waals surface area (Å²) < 4.78 is 51.9. The fourth-order valence-corrected chi connectivity index (χ4v) is 2.59. The van der Waals surface area contributed by atoms with E-state index in [-0.39, 0.29) is 26.0 Å². The molecule has 0 aliphatic rings. The first-order valence-electron chi connectivity index (χ1n) is 6.33. The van der Waals surface area contributed by atoms with Gasteiger partial charge in [-0.2, -0.15) is 0 Å². The standard InChI is InChI=1S/C13H16F2N2O4S/c1-2-8-21-17-13(18)4-3-7-16-22(19,20)12-6-5-10(14)9-11(12)15/h2,5-6,9,16H,1,3-4,7-8H2,(H,17,18). The van der Waals surface area contributed by atoms with Crippen LogP contribution in [0.2, 0.25) is 0 Å². The molecule has 0 heterocycles. The Hall–Kier alpha value is -1.84. The Morgan fingerprint density at radius 3 is 2.73 bits per heavy atom. The highest BCUT2D eigenvalue weighted by Gasteiger charge is 2.18. The lowest BCUT2D eigenvalue weighted by Crippen LogP contribution is -2.28. The molecule has 0 aliphatic carbocycles. The molecular formula is C13H16F2N2O4S. The Morgan fingerprint density at radius 2 is 2.09 bits per heavy atom. The quantitative estimate of drug-likeness (QED) is 0.404. The van der Waals surface area contributed by atoms with Crippen LogP contribution in [0.4, 0.5) is 8.78 Å². The number of carbonyl (C=O) groups excluding carboxylic acids is 1. The van der Waals surface area contributed by atoms with E-state index in [1.807, 2.05) is 0 Å². The number of hydrogen-bond donors (Lipinski definition) is 2. The van der Waals surface area contributed by atoms with Crippen LogP contribution in [0, 0.1) is 11.6 Å². The summed E-state index contributed by atoms with van der Waals surface area (Å²) in [6.07, 6.45) is 1.66. The summed E-state index contributed by atoms with van der Waals surface area (Å²) in [6.45, 7) is 3.47. The molecule has 2 N–H and O–H groups in total. The predicted molar refractivity (Wildman–Crippen MR) is 75.1 cm³/mol. The van der Waals surface area contributed by atoms with Crippen molar-refractivity contribution in [3.8, 4) is 0 Å². The minimum Gasteiger partial charge on any atom is -0.273 e. The van der Waals surface area contributed by atoms with Gasteiger partial charge in [0.25, 0.3) is 0 Å². The first-order chi connectivity index (χ1) is 10.4. The Balaban J connectivity index is 2.43. The van der Waals surface area contributed by atoms with Crippen LogP contribution in [0.5, 0.6) is 0 Å². The van der Waals surface area contributed by atoms with Gasteiger partial charge in [0.05, 0.1) is 6.61 Å². The van der Waals surface area contributed by atoms with Gasteiger partial charge < -0.3 is 0 Å². The second-order valence-corrected chi connectivity index (χ2v) is 5.94. The molecule has 0 saturated carbocycles. The fraction of sp³-hybridized carbons (Fsp3) is 0.308. The zero-order valence-corrected chi connectivity index (χ0v) is 12.5. The van der Waals surface area contributed by atoms with Gasteiger partial charge in [0.1, 0.15) is 16.5 Å². The number of rotatable bonds is 9. The van der Waals surface area contributed by atoms with Gasteiger partial charge in [-0.25, -0.2) is 27.4 Å². The fourth-order valence-electron chi connectivity index (χ4n) is 1.46. The molecule has 1 aromatic rings. The molecular weight excluding hydrogens is 318 g/mol. The van der Waals surface area contributed by atoms with Crippen LogP contribution in [0.25, 0.3) is 0 Å². The summed E-state index contributed by atoms with van der Waals surface area (Å²) in [5.74, 6) is -2.47. The van der Waals surface area contributed by atoms with Gasteiger partial charge in [0, 0.05) is 19.0 Å². The van der Waals surface area contributed by atoms with E-state index in [0.717, 1.165) is 12.1 Å². The third-order valence-corrected chi connectivity index (χ3v) is 3.94. The molecule has 0 fully saturated rings. The molecule has 0 radical (unpaired) electrons. The largest absolute Gasteiger partial charge is 0.273 e. The highest BCUT2D eigenvalue weighted by Crippen LogP contribution is 2.15. The summed E-state index contributed by atoms with van der Waals surface area (Å²) in [4.78, 5) is 15.3. The SMILES string of the molecule is C=CCONC(=O)CCCNS(=O)(=O)c1ccc(F)cc1F. The third-order valence-electron chi connectivity index (χ3n) is 2.44. The van der Waals surface area contributed by atoms with Crippen molar-refractivity contribution in [3.05, 3.63) is 42.5 Å². The summed E-state index contributed by atoms with van der Waals surface area (Å²) in [7, 11) is -4.09. The smallest absolute Gasteiger partial charge is 0.243 e. The Kier molecular flexibility index (Phi) is 7.09. The molecule has 22 heavy (non-hydrogen) atoms. The zero-order valence-electron chi connectivity index (χ0n) is 11.6. The molecule has 1 amide bonds. The molecule has 0 unspecified atom stereocenters. The van der Waals surface area contributed by atoms with Crippen molar-refractivity contribution >= 4 is 15.9 Å². The molecule has 1 aromatic carbocycles. The molecule has 0 aromatic heterocycles. The van der Waals surface area contributed by atoms with Gasteiger partial charge >= 0.3 is 0 Å².